The first-order valence-corrected chi connectivity index (χ1v) is 8.78. The van der Waals surface area contributed by atoms with E-state index in [1.165, 1.54) is 27.4 Å². The number of methoxy groups -OCH3 is 6. The van der Waals surface area contributed by atoms with E-state index in [0.717, 1.165) is 27.4 Å². The molecule has 0 bridgehead atoms. The van der Waals surface area contributed by atoms with E-state index in [4.69, 9.17) is 28.4 Å². The summed E-state index contributed by atoms with van der Waals surface area (Å²) in [6, 6.07) is 1.31. The van der Waals surface area contributed by atoms with E-state index in [9.17, 15) is 19.2 Å². The number of ether oxygens (including phenoxy) is 7. The molecule has 31 heavy (non-hydrogen) atoms. The summed E-state index contributed by atoms with van der Waals surface area (Å²) < 4.78 is 35.5. The van der Waals surface area contributed by atoms with Gasteiger partial charge < -0.3 is 33.2 Å². The molecule has 0 radical (unpaired) electrons. The van der Waals surface area contributed by atoms with Crippen molar-refractivity contribution in [1.82, 2.24) is 0 Å². The number of fused-ring (bicyclic) bond motifs is 1. The normalized spacial score (nSPS) is 17.6. The van der Waals surface area contributed by atoms with Crippen molar-refractivity contribution in [2.45, 2.75) is 12.0 Å². The van der Waals surface area contributed by atoms with Crippen LogP contribution in [0.15, 0.2) is 17.7 Å². The molecular formula is C20H22O11. The second-order valence-corrected chi connectivity index (χ2v) is 6.05. The minimum absolute atomic E-state index is 0.00734. The fourth-order valence-electron chi connectivity index (χ4n) is 3.25. The molecule has 0 aliphatic carbocycles. The molecule has 11 nitrogen and oxygen atoms in total. The summed E-state index contributed by atoms with van der Waals surface area (Å²) in [5.41, 5.74) is -0.351. The van der Waals surface area contributed by atoms with Gasteiger partial charge in [-0.25, -0.2) is 19.2 Å². The predicted octanol–water partition coefficient (Wildman–Crippen LogP) is 0.780. The first kappa shape index (κ1) is 23.5. The number of rotatable bonds is 7. The smallest absolute Gasteiger partial charge is 0.348 e. The van der Waals surface area contributed by atoms with E-state index in [-0.39, 0.29) is 33.9 Å². The van der Waals surface area contributed by atoms with Gasteiger partial charge in [0.25, 0.3) is 0 Å². The molecule has 2 atom stereocenters. The molecule has 0 saturated carbocycles. The zero-order valence-electron chi connectivity index (χ0n) is 17.8. The van der Waals surface area contributed by atoms with Crippen molar-refractivity contribution in [3.63, 3.8) is 0 Å². The summed E-state index contributed by atoms with van der Waals surface area (Å²) in [5, 5.41) is 0. The molecule has 1 aromatic carbocycles. The van der Waals surface area contributed by atoms with Crippen LogP contribution in [0, 0.1) is 0 Å². The summed E-state index contributed by atoms with van der Waals surface area (Å²) in [5.74, 6) is -4.86. The number of benzene rings is 1. The van der Waals surface area contributed by atoms with Gasteiger partial charge in [-0.2, -0.15) is 0 Å². The van der Waals surface area contributed by atoms with Crippen LogP contribution < -0.4 is 14.2 Å². The van der Waals surface area contributed by atoms with Gasteiger partial charge in [0.1, 0.15) is 0 Å². The summed E-state index contributed by atoms with van der Waals surface area (Å²) in [6.07, 6.45) is -0.794. The standard InChI is InChI=1S/C20H22O11/c1-25-11-7-9-13(16(28-4)15(11)27-3)14(17(20(24)30-6)31-19(9)23)10(18(22)29-5)8-12(21)26-2/h7-8,14,17H,1-6H3/b10-8-/t14-,17-/m0/s1. The fraction of sp³-hybridized carbons (Fsp3) is 0.400. The summed E-state index contributed by atoms with van der Waals surface area (Å²) in [4.78, 5) is 49.8. The Morgan fingerprint density at radius 2 is 1.55 bits per heavy atom. The van der Waals surface area contributed by atoms with E-state index in [1.807, 2.05) is 0 Å². The van der Waals surface area contributed by atoms with Gasteiger partial charge >= 0.3 is 23.9 Å². The Labute approximate surface area is 177 Å². The van der Waals surface area contributed by atoms with Crippen LogP contribution in [0.1, 0.15) is 21.8 Å². The van der Waals surface area contributed by atoms with E-state index in [0.29, 0.717) is 0 Å². The van der Waals surface area contributed by atoms with E-state index in [2.05, 4.69) is 4.74 Å². The van der Waals surface area contributed by atoms with Crippen LogP contribution in [0.3, 0.4) is 0 Å². The third-order valence-corrected chi connectivity index (χ3v) is 4.60. The zero-order chi connectivity index (χ0) is 23.3. The second-order valence-electron chi connectivity index (χ2n) is 6.05. The van der Waals surface area contributed by atoms with Gasteiger partial charge in [-0.05, 0) is 6.07 Å². The minimum atomic E-state index is -1.63. The van der Waals surface area contributed by atoms with Crippen molar-refractivity contribution in [2.75, 3.05) is 42.7 Å². The maximum absolute atomic E-state index is 12.7. The SMILES string of the molecule is COC(=O)/C=C(\C(=O)OC)[C@H]1c2c(cc(OC)c(OC)c2OC)C(=O)O[C@@H]1C(=O)OC. The van der Waals surface area contributed by atoms with Crippen molar-refractivity contribution in [3.8, 4) is 17.2 Å². The zero-order valence-corrected chi connectivity index (χ0v) is 17.8. The van der Waals surface area contributed by atoms with Crippen LogP contribution in [-0.4, -0.2) is 72.6 Å². The average molecular weight is 438 g/mol. The van der Waals surface area contributed by atoms with Crippen molar-refractivity contribution in [2.24, 2.45) is 0 Å². The molecule has 0 unspecified atom stereocenters. The Morgan fingerprint density at radius 3 is 2.03 bits per heavy atom. The van der Waals surface area contributed by atoms with Crippen molar-refractivity contribution >= 4 is 23.9 Å². The number of esters is 4. The highest BCUT2D eigenvalue weighted by atomic mass is 16.6. The molecule has 0 aromatic heterocycles. The second kappa shape index (κ2) is 9.83. The van der Waals surface area contributed by atoms with Gasteiger partial charge in [0, 0.05) is 11.6 Å². The van der Waals surface area contributed by atoms with E-state index in [1.54, 1.807) is 0 Å². The molecule has 1 aromatic rings. The quantitative estimate of drug-likeness (QED) is 0.340. The van der Waals surface area contributed by atoms with E-state index < -0.39 is 35.9 Å². The topological polar surface area (TPSA) is 133 Å². The van der Waals surface area contributed by atoms with Crippen LogP contribution in [0.25, 0.3) is 0 Å². The first-order chi connectivity index (χ1) is 14.8. The highest BCUT2D eigenvalue weighted by Gasteiger charge is 2.48. The Hall–Kier alpha value is -3.76. The molecule has 0 saturated heterocycles. The molecule has 1 aliphatic heterocycles. The number of carbonyl (C=O) groups is 4. The molecule has 1 aliphatic rings. The first-order valence-electron chi connectivity index (χ1n) is 8.78. The molecule has 0 spiro atoms. The molecule has 0 fully saturated rings. The van der Waals surface area contributed by atoms with Gasteiger partial charge in [0.15, 0.2) is 11.5 Å². The summed E-state index contributed by atoms with van der Waals surface area (Å²) in [7, 11) is 7.26. The monoisotopic (exact) mass is 438 g/mol. The summed E-state index contributed by atoms with van der Waals surface area (Å²) >= 11 is 0. The average Bonchev–Trinajstić information content (AvgIpc) is 2.79. The Morgan fingerprint density at radius 1 is 0.903 bits per heavy atom. The van der Waals surface area contributed by atoms with Gasteiger partial charge in [0.2, 0.25) is 11.9 Å². The Balaban J connectivity index is 2.97. The maximum atomic E-state index is 12.7. The van der Waals surface area contributed by atoms with Gasteiger partial charge in [-0.15, -0.1) is 0 Å². The van der Waals surface area contributed by atoms with Crippen molar-refractivity contribution in [3.05, 3.63) is 28.8 Å². The third kappa shape index (κ3) is 4.25. The van der Waals surface area contributed by atoms with Crippen molar-refractivity contribution < 1.29 is 52.3 Å². The fourth-order valence-corrected chi connectivity index (χ4v) is 3.25. The van der Waals surface area contributed by atoms with Gasteiger partial charge in [-0.3, -0.25) is 0 Å². The number of hydrogen-bond donors (Lipinski definition) is 0. The van der Waals surface area contributed by atoms with Crippen LogP contribution in [0.5, 0.6) is 17.2 Å². The predicted molar refractivity (Wildman–Crippen MR) is 102 cm³/mol. The molecule has 11 heteroatoms. The minimum Gasteiger partial charge on any atom is -0.493 e. The van der Waals surface area contributed by atoms with Crippen LogP contribution >= 0.6 is 0 Å². The molecular weight excluding hydrogens is 416 g/mol. The lowest BCUT2D eigenvalue weighted by molar-refractivity contribution is -0.152. The number of carbonyl (C=O) groups excluding carboxylic acids is 4. The van der Waals surface area contributed by atoms with Crippen molar-refractivity contribution in [1.29, 1.82) is 0 Å². The van der Waals surface area contributed by atoms with Crippen LogP contribution in [0.2, 0.25) is 0 Å². The molecule has 2 rings (SSSR count). The lowest BCUT2D eigenvalue weighted by Gasteiger charge is -2.33. The lowest BCUT2D eigenvalue weighted by Crippen LogP contribution is -2.41. The van der Waals surface area contributed by atoms with Crippen LogP contribution in [-0.2, 0) is 33.3 Å². The summed E-state index contributed by atoms with van der Waals surface area (Å²) in [6.45, 7) is 0. The van der Waals surface area contributed by atoms with E-state index >= 15 is 0 Å². The number of hydrogen-bond acceptors (Lipinski definition) is 11. The van der Waals surface area contributed by atoms with Gasteiger partial charge in [0.05, 0.1) is 59.7 Å². The largest absolute Gasteiger partial charge is 0.493 e. The highest BCUT2D eigenvalue weighted by Crippen LogP contribution is 2.50. The van der Waals surface area contributed by atoms with Crippen LogP contribution in [0.4, 0.5) is 0 Å². The lowest BCUT2D eigenvalue weighted by atomic mass is 9.80. The molecule has 0 amide bonds. The third-order valence-electron chi connectivity index (χ3n) is 4.60. The Bertz CT molecular complexity index is 932. The molecule has 0 N–H and O–H groups in total. The molecule has 168 valence electrons. The Kier molecular flexibility index (Phi) is 7.46. The van der Waals surface area contributed by atoms with Gasteiger partial charge in [-0.1, -0.05) is 0 Å². The molecule has 1 heterocycles. The highest BCUT2D eigenvalue weighted by molar-refractivity contribution is 6.03. The maximum Gasteiger partial charge on any atom is 0.348 e. The number of cyclic esters (lactones) is 1.